The highest BCUT2D eigenvalue weighted by Gasteiger charge is 2.21. The van der Waals surface area contributed by atoms with Crippen LogP contribution in [0.2, 0.25) is 0 Å². The Labute approximate surface area is 98.9 Å². The lowest BCUT2D eigenvalue weighted by Crippen LogP contribution is -2.02. The molecule has 4 heteroatoms. The number of pyridine rings is 1. The van der Waals surface area contributed by atoms with E-state index < -0.39 is 5.97 Å². The molecule has 0 radical (unpaired) electrons. The van der Waals surface area contributed by atoms with Gasteiger partial charge in [0.2, 0.25) is 0 Å². The average molecular weight is 230 g/mol. The Bertz CT molecular complexity index is 568. The Hall–Kier alpha value is -1.84. The van der Waals surface area contributed by atoms with Crippen molar-refractivity contribution in [1.29, 1.82) is 0 Å². The predicted molar refractivity (Wildman–Crippen MR) is 63.4 cm³/mol. The van der Waals surface area contributed by atoms with E-state index in [0.717, 1.165) is 11.3 Å². The van der Waals surface area contributed by atoms with E-state index in [-0.39, 0.29) is 0 Å². The van der Waals surface area contributed by atoms with Crippen LogP contribution in [0, 0.1) is 0 Å². The minimum atomic E-state index is -0.892. The number of nitrogens with zero attached hydrogens (tertiary/aromatic N) is 2. The fraction of sp³-hybridized carbons (Fsp3) is 0.385. The molecular weight excluding hydrogens is 216 g/mol. The molecule has 1 N–H and O–H groups in total. The van der Waals surface area contributed by atoms with Crippen molar-refractivity contribution in [2.24, 2.45) is 0 Å². The molecule has 1 saturated carbocycles. The molecule has 1 fully saturated rings. The van der Waals surface area contributed by atoms with Gasteiger partial charge >= 0.3 is 5.97 Å². The van der Waals surface area contributed by atoms with Crippen molar-refractivity contribution in [1.82, 2.24) is 9.38 Å². The summed E-state index contributed by atoms with van der Waals surface area (Å²) >= 11 is 0. The van der Waals surface area contributed by atoms with Crippen LogP contribution in [0.1, 0.15) is 47.8 Å². The second kappa shape index (κ2) is 3.87. The minimum Gasteiger partial charge on any atom is -0.478 e. The molecule has 1 aliphatic rings. The molecule has 88 valence electrons. The molecule has 2 aromatic rings. The van der Waals surface area contributed by atoms with E-state index >= 15 is 0 Å². The van der Waals surface area contributed by atoms with Crippen LogP contribution in [0.25, 0.3) is 5.52 Å². The molecule has 4 nitrogen and oxygen atoms in total. The number of aromatic nitrogens is 2. The monoisotopic (exact) mass is 230 g/mol. The normalized spacial score (nSPS) is 16.7. The van der Waals surface area contributed by atoms with Gasteiger partial charge in [-0.2, -0.15) is 0 Å². The number of hydrogen-bond donors (Lipinski definition) is 1. The first kappa shape index (κ1) is 10.3. The van der Waals surface area contributed by atoms with Gasteiger partial charge in [-0.25, -0.2) is 9.78 Å². The number of carbonyl (C=O) groups is 1. The zero-order chi connectivity index (χ0) is 11.8. The first-order valence-electron chi connectivity index (χ1n) is 5.96. The molecule has 0 atom stereocenters. The zero-order valence-electron chi connectivity index (χ0n) is 9.47. The van der Waals surface area contributed by atoms with E-state index in [1.807, 2.05) is 10.6 Å². The second-order valence-electron chi connectivity index (χ2n) is 4.61. The molecule has 0 spiro atoms. The van der Waals surface area contributed by atoms with Gasteiger partial charge in [-0.1, -0.05) is 12.8 Å². The van der Waals surface area contributed by atoms with Gasteiger partial charge in [-0.15, -0.1) is 0 Å². The van der Waals surface area contributed by atoms with Gasteiger partial charge in [0, 0.05) is 12.1 Å². The Kier molecular flexibility index (Phi) is 2.35. The van der Waals surface area contributed by atoms with Crippen LogP contribution in [-0.2, 0) is 0 Å². The highest BCUT2D eigenvalue weighted by atomic mass is 16.4. The van der Waals surface area contributed by atoms with Crippen molar-refractivity contribution in [3.63, 3.8) is 0 Å². The third-order valence-corrected chi connectivity index (χ3v) is 3.53. The molecule has 1 aliphatic carbocycles. The van der Waals surface area contributed by atoms with E-state index in [2.05, 4.69) is 4.98 Å². The van der Waals surface area contributed by atoms with Crippen molar-refractivity contribution in [2.45, 2.75) is 31.6 Å². The molecule has 0 amide bonds. The summed E-state index contributed by atoms with van der Waals surface area (Å²) in [4.78, 5) is 15.3. The van der Waals surface area contributed by atoms with Gasteiger partial charge in [-0.3, -0.25) is 0 Å². The molecule has 0 aromatic carbocycles. The van der Waals surface area contributed by atoms with Crippen molar-refractivity contribution in [2.75, 3.05) is 0 Å². The largest absolute Gasteiger partial charge is 0.478 e. The Morgan fingerprint density at radius 1 is 1.41 bits per heavy atom. The van der Waals surface area contributed by atoms with Crippen molar-refractivity contribution < 1.29 is 9.90 Å². The summed E-state index contributed by atoms with van der Waals surface area (Å²) in [6.07, 6.45) is 8.51. The van der Waals surface area contributed by atoms with Crippen molar-refractivity contribution >= 4 is 11.5 Å². The number of fused-ring (bicyclic) bond motifs is 1. The summed E-state index contributed by atoms with van der Waals surface area (Å²) in [5, 5.41) is 8.93. The number of carboxylic acid groups (broad SMARTS) is 1. The maximum absolute atomic E-state index is 10.9. The second-order valence-corrected chi connectivity index (χ2v) is 4.61. The quantitative estimate of drug-likeness (QED) is 0.862. The van der Waals surface area contributed by atoms with Gasteiger partial charge in [-0.05, 0) is 25.0 Å². The fourth-order valence-electron chi connectivity index (χ4n) is 2.64. The number of aromatic carboxylic acids is 1. The maximum atomic E-state index is 10.9. The summed E-state index contributed by atoms with van der Waals surface area (Å²) in [5.41, 5.74) is 1.18. The first-order chi connectivity index (χ1) is 8.25. The minimum absolute atomic E-state index is 0.315. The highest BCUT2D eigenvalue weighted by Crippen LogP contribution is 2.33. The van der Waals surface area contributed by atoms with Crippen LogP contribution in [0.5, 0.6) is 0 Å². The Morgan fingerprint density at radius 2 is 2.18 bits per heavy atom. The van der Waals surface area contributed by atoms with Gasteiger partial charge in [0.25, 0.3) is 0 Å². The maximum Gasteiger partial charge on any atom is 0.335 e. The van der Waals surface area contributed by atoms with E-state index in [9.17, 15) is 4.79 Å². The molecule has 0 aliphatic heterocycles. The zero-order valence-corrected chi connectivity index (χ0v) is 9.47. The Balaban J connectivity index is 2.07. The van der Waals surface area contributed by atoms with E-state index in [0.29, 0.717) is 11.5 Å². The van der Waals surface area contributed by atoms with Crippen LogP contribution < -0.4 is 0 Å². The fourth-order valence-corrected chi connectivity index (χ4v) is 2.64. The van der Waals surface area contributed by atoms with Gasteiger partial charge in [0.05, 0.1) is 17.3 Å². The van der Waals surface area contributed by atoms with Crippen LogP contribution >= 0.6 is 0 Å². The van der Waals surface area contributed by atoms with Crippen molar-refractivity contribution in [3.8, 4) is 0 Å². The SMILES string of the molecule is O=C(O)c1ccn2c(C3CCCC3)ncc2c1. The molecular formula is C13H14N2O2. The standard InChI is InChI=1S/C13H14N2O2/c16-13(17)10-5-6-15-11(7-10)8-14-12(15)9-3-1-2-4-9/h5-9H,1-4H2,(H,16,17). The van der Waals surface area contributed by atoms with E-state index in [1.54, 1.807) is 18.3 Å². The van der Waals surface area contributed by atoms with E-state index in [1.165, 1.54) is 25.7 Å². The lowest BCUT2D eigenvalue weighted by atomic mass is 10.1. The topological polar surface area (TPSA) is 54.6 Å². The van der Waals surface area contributed by atoms with Crippen LogP contribution in [0.15, 0.2) is 24.5 Å². The molecule has 3 rings (SSSR count). The summed E-state index contributed by atoms with van der Waals surface area (Å²) in [7, 11) is 0. The third-order valence-electron chi connectivity index (χ3n) is 3.53. The molecule has 0 bridgehead atoms. The molecule has 0 unspecified atom stereocenters. The number of carboxylic acids is 1. The smallest absolute Gasteiger partial charge is 0.335 e. The lowest BCUT2D eigenvalue weighted by Gasteiger charge is -2.07. The number of imidazole rings is 1. The third kappa shape index (κ3) is 1.69. The lowest BCUT2D eigenvalue weighted by molar-refractivity contribution is 0.0697. The summed E-state index contributed by atoms with van der Waals surface area (Å²) < 4.78 is 2.02. The van der Waals surface area contributed by atoms with E-state index in [4.69, 9.17) is 5.11 Å². The number of rotatable bonds is 2. The predicted octanol–water partition coefficient (Wildman–Crippen LogP) is 2.69. The summed E-state index contributed by atoms with van der Waals surface area (Å²) in [6.45, 7) is 0. The van der Waals surface area contributed by atoms with Gasteiger partial charge in [0.1, 0.15) is 5.82 Å². The first-order valence-corrected chi connectivity index (χ1v) is 5.96. The molecule has 0 saturated heterocycles. The molecule has 2 aromatic heterocycles. The van der Waals surface area contributed by atoms with Gasteiger partial charge < -0.3 is 9.51 Å². The Morgan fingerprint density at radius 3 is 2.88 bits per heavy atom. The highest BCUT2D eigenvalue weighted by molar-refractivity contribution is 5.88. The molecule has 2 heterocycles. The van der Waals surface area contributed by atoms with Gasteiger partial charge in [0.15, 0.2) is 0 Å². The van der Waals surface area contributed by atoms with Crippen molar-refractivity contribution in [3.05, 3.63) is 35.9 Å². The number of hydrogen-bond acceptors (Lipinski definition) is 2. The summed E-state index contributed by atoms with van der Waals surface area (Å²) in [5.74, 6) is 0.721. The van der Waals surface area contributed by atoms with Crippen LogP contribution in [0.3, 0.4) is 0 Å². The van der Waals surface area contributed by atoms with Crippen LogP contribution in [-0.4, -0.2) is 20.5 Å². The average Bonchev–Trinajstić information content (AvgIpc) is 2.96. The summed E-state index contributed by atoms with van der Waals surface area (Å²) in [6, 6.07) is 3.31. The molecule has 17 heavy (non-hydrogen) atoms. The van der Waals surface area contributed by atoms with Crippen LogP contribution in [0.4, 0.5) is 0 Å².